The van der Waals surface area contributed by atoms with Crippen LogP contribution in [0.15, 0.2) is 18.2 Å². The molecule has 0 aliphatic heterocycles. The zero-order chi connectivity index (χ0) is 15.3. The third kappa shape index (κ3) is 3.68. The number of benzene rings is 1. The summed E-state index contributed by atoms with van der Waals surface area (Å²) in [5.74, 6) is -2.76. The summed E-state index contributed by atoms with van der Waals surface area (Å²) in [4.78, 5) is 24.0. The topological polar surface area (TPSA) is 93.4 Å². The predicted octanol–water partition coefficient (Wildman–Crippen LogP) is 2.15. The van der Waals surface area contributed by atoms with Crippen LogP contribution < -0.4 is 5.32 Å². The molecule has 2 N–H and O–H groups in total. The first-order valence-electron chi connectivity index (χ1n) is 5.80. The van der Waals surface area contributed by atoms with E-state index in [9.17, 15) is 14.0 Å². The van der Waals surface area contributed by atoms with E-state index in [4.69, 9.17) is 10.4 Å². The van der Waals surface area contributed by atoms with Gasteiger partial charge in [0.15, 0.2) is 0 Å². The maximum atomic E-state index is 13.4. The van der Waals surface area contributed by atoms with E-state index in [0.29, 0.717) is 0 Å². The number of carbonyl (C=O) groups is 2. The van der Waals surface area contributed by atoms with E-state index in [-0.39, 0.29) is 18.2 Å². The molecule has 20 heavy (non-hydrogen) atoms. The molecule has 0 aliphatic carbocycles. The highest BCUT2D eigenvalue weighted by Crippen LogP contribution is 2.19. The molecule has 2 amide bonds. The van der Waals surface area contributed by atoms with Crippen LogP contribution in [-0.2, 0) is 0 Å². The number of hydrogen-bond donors (Lipinski definition) is 2. The lowest BCUT2D eigenvalue weighted by Crippen LogP contribution is -2.34. The third-order valence-corrected chi connectivity index (χ3v) is 2.58. The predicted molar refractivity (Wildman–Crippen MR) is 69.8 cm³/mol. The second-order valence-electron chi connectivity index (χ2n) is 4.31. The van der Waals surface area contributed by atoms with Crippen LogP contribution in [0.3, 0.4) is 0 Å². The van der Waals surface area contributed by atoms with Gasteiger partial charge in [-0.05, 0) is 19.1 Å². The molecule has 0 fully saturated rings. The monoisotopic (exact) mass is 279 g/mol. The molecule has 1 rings (SSSR count). The van der Waals surface area contributed by atoms with Crippen LogP contribution >= 0.6 is 0 Å². The van der Waals surface area contributed by atoms with Crippen molar-refractivity contribution in [1.29, 1.82) is 5.26 Å². The molecule has 0 saturated heterocycles. The maximum Gasteiger partial charge on any atom is 0.340 e. The van der Waals surface area contributed by atoms with Gasteiger partial charge in [-0.25, -0.2) is 14.0 Å². The second kappa shape index (κ2) is 6.52. The fourth-order valence-electron chi connectivity index (χ4n) is 1.59. The molecule has 1 aromatic carbocycles. The number of aromatic carboxylic acids is 1. The van der Waals surface area contributed by atoms with Crippen molar-refractivity contribution in [3.8, 4) is 6.07 Å². The van der Waals surface area contributed by atoms with E-state index in [2.05, 4.69) is 5.32 Å². The molecule has 1 aromatic rings. The maximum absolute atomic E-state index is 13.4. The van der Waals surface area contributed by atoms with Crippen molar-refractivity contribution in [3.05, 3.63) is 29.6 Å². The molecule has 1 atom stereocenters. The number of hydrogen-bond acceptors (Lipinski definition) is 3. The number of nitriles is 1. The van der Waals surface area contributed by atoms with Gasteiger partial charge in [0.25, 0.3) is 0 Å². The molecule has 0 bridgehead atoms. The molecule has 0 saturated carbocycles. The highest BCUT2D eigenvalue weighted by atomic mass is 19.1. The van der Waals surface area contributed by atoms with E-state index >= 15 is 0 Å². The summed E-state index contributed by atoms with van der Waals surface area (Å²) < 4.78 is 13.4. The highest BCUT2D eigenvalue weighted by molar-refractivity contribution is 6.00. The van der Waals surface area contributed by atoms with E-state index in [1.165, 1.54) is 24.1 Å². The number of amides is 2. The molecule has 106 valence electrons. The minimum Gasteiger partial charge on any atom is -0.478 e. The van der Waals surface area contributed by atoms with Crippen LogP contribution in [-0.4, -0.2) is 35.6 Å². The van der Waals surface area contributed by atoms with Gasteiger partial charge in [0.1, 0.15) is 11.4 Å². The summed E-state index contributed by atoms with van der Waals surface area (Å²) >= 11 is 0. The highest BCUT2D eigenvalue weighted by Gasteiger charge is 2.19. The Hall–Kier alpha value is -2.62. The molecule has 7 heteroatoms. The Morgan fingerprint density at radius 3 is 2.75 bits per heavy atom. The molecule has 0 aliphatic rings. The molecule has 1 unspecified atom stereocenters. The SMILES string of the molecule is CC(C#N)CN(C)C(=O)Nc1cccc(F)c1C(=O)O. The summed E-state index contributed by atoms with van der Waals surface area (Å²) in [7, 11) is 1.46. The average molecular weight is 279 g/mol. The quantitative estimate of drug-likeness (QED) is 0.883. The van der Waals surface area contributed by atoms with Crippen molar-refractivity contribution in [2.75, 3.05) is 18.9 Å². The van der Waals surface area contributed by atoms with Crippen molar-refractivity contribution in [2.24, 2.45) is 5.92 Å². The number of nitrogens with one attached hydrogen (secondary N) is 1. The number of anilines is 1. The van der Waals surface area contributed by atoms with Crippen LogP contribution in [0.1, 0.15) is 17.3 Å². The molecule has 0 spiro atoms. The number of urea groups is 1. The standard InChI is InChI=1S/C13H14FN3O3/c1-8(6-15)7-17(2)13(20)16-10-5-3-4-9(14)11(10)12(18)19/h3-5,8H,7H2,1-2H3,(H,16,20)(H,18,19). The number of carboxylic acids is 1. The third-order valence-electron chi connectivity index (χ3n) is 2.58. The van der Waals surface area contributed by atoms with Gasteiger partial charge in [0.2, 0.25) is 0 Å². The fourth-order valence-corrected chi connectivity index (χ4v) is 1.59. The lowest BCUT2D eigenvalue weighted by Gasteiger charge is -2.19. The van der Waals surface area contributed by atoms with E-state index in [0.717, 1.165) is 6.07 Å². The Balaban J connectivity index is 2.89. The van der Waals surface area contributed by atoms with Gasteiger partial charge < -0.3 is 15.3 Å². The Morgan fingerprint density at radius 1 is 1.55 bits per heavy atom. The van der Waals surface area contributed by atoms with E-state index < -0.39 is 23.4 Å². The first-order valence-corrected chi connectivity index (χ1v) is 5.80. The Morgan fingerprint density at radius 2 is 2.20 bits per heavy atom. The van der Waals surface area contributed by atoms with Gasteiger partial charge in [-0.15, -0.1) is 0 Å². The van der Waals surface area contributed by atoms with Crippen molar-refractivity contribution in [2.45, 2.75) is 6.92 Å². The Labute approximate surface area is 115 Å². The molecular formula is C13H14FN3O3. The number of rotatable bonds is 4. The second-order valence-corrected chi connectivity index (χ2v) is 4.31. The first-order chi connectivity index (χ1) is 9.36. The minimum absolute atomic E-state index is 0.126. The smallest absolute Gasteiger partial charge is 0.340 e. The van der Waals surface area contributed by atoms with Crippen molar-refractivity contribution in [1.82, 2.24) is 4.90 Å². The summed E-state index contributed by atoms with van der Waals surface area (Å²) in [5, 5.41) is 19.9. The van der Waals surface area contributed by atoms with Crippen molar-refractivity contribution in [3.63, 3.8) is 0 Å². The molecule has 0 aromatic heterocycles. The summed E-state index contributed by atoms with van der Waals surface area (Å²) in [6, 6.07) is 4.97. The van der Waals surface area contributed by atoms with E-state index in [1.54, 1.807) is 6.92 Å². The largest absolute Gasteiger partial charge is 0.478 e. The van der Waals surface area contributed by atoms with Gasteiger partial charge in [-0.2, -0.15) is 5.26 Å². The normalized spacial score (nSPS) is 11.3. The van der Waals surface area contributed by atoms with Crippen molar-refractivity contribution < 1.29 is 19.1 Å². The van der Waals surface area contributed by atoms with Crippen LogP contribution in [0.4, 0.5) is 14.9 Å². The number of halogens is 1. The van der Waals surface area contributed by atoms with Gasteiger partial charge in [-0.1, -0.05) is 6.07 Å². The average Bonchev–Trinajstić information content (AvgIpc) is 2.37. The Kier molecular flexibility index (Phi) is 5.03. The summed E-state index contributed by atoms with van der Waals surface area (Å²) in [6.45, 7) is 1.83. The first kappa shape index (κ1) is 15.4. The van der Waals surface area contributed by atoms with Crippen LogP contribution in [0, 0.1) is 23.1 Å². The van der Waals surface area contributed by atoms with Gasteiger partial charge in [-0.3, -0.25) is 0 Å². The lowest BCUT2D eigenvalue weighted by molar-refractivity contribution is 0.0693. The fraction of sp³-hybridized carbons (Fsp3) is 0.308. The van der Waals surface area contributed by atoms with Crippen LogP contribution in [0.2, 0.25) is 0 Å². The van der Waals surface area contributed by atoms with Gasteiger partial charge in [0, 0.05) is 13.6 Å². The summed E-state index contributed by atoms with van der Waals surface area (Å²) in [5.41, 5.74) is -0.721. The Bertz CT molecular complexity index is 568. The van der Waals surface area contributed by atoms with Crippen LogP contribution in [0.5, 0.6) is 0 Å². The number of carbonyl (C=O) groups excluding carboxylic acids is 1. The van der Waals surface area contributed by atoms with E-state index in [1.807, 2.05) is 6.07 Å². The molecular weight excluding hydrogens is 265 g/mol. The number of nitrogens with zero attached hydrogens (tertiary/aromatic N) is 2. The van der Waals surface area contributed by atoms with Gasteiger partial charge in [0.05, 0.1) is 17.7 Å². The molecule has 0 heterocycles. The zero-order valence-electron chi connectivity index (χ0n) is 11.1. The number of carboxylic acid groups (broad SMARTS) is 1. The molecule has 0 radical (unpaired) electrons. The molecule has 6 nitrogen and oxygen atoms in total. The lowest BCUT2D eigenvalue weighted by atomic mass is 10.1. The minimum atomic E-state index is -1.47. The summed E-state index contributed by atoms with van der Waals surface area (Å²) in [6.07, 6.45) is 0. The van der Waals surface area contributed by atoms with Crippen molar-refractivity contribution >= 4 is 17.7 Å². The van der Waals surface area contributed by atoms with Crippen LogP contribution in [0.25, 0.3) is 0 Å². The zero-order valence-corrected chi connectivity index (χ0v) is 11.1. The van der Waals surface area contributed by atoms with Gasteiger partial charge >= 0.3 is 12.0 Å².